The summed E-state index contributed by atoms with van der Waals surface area (Å²) in [6, 6.07) is 0. The van der Waals surface area contributed by atoms with Gasteiger partial charge in [-0.05, 0) is 83.5 Å². The van der Waals surface area contributed by atoms with Gasteiger partial charge in [0.2, 0.25) is 0 Å². The number of unbranched alkanes of at least 4 members (excludes halogenated alkanes) is 4. The van der Waals surface area contributed by atoms with Gasteiger partial charge in [0.15, 0.2) is 6.10 Å². The Morgan fingerprint density at radius 1 is 0.661 bits per heavy atom. The highest BCUT2D eigenvalue weighted by molar-refractivity contribution is 7.47. The number of hydrogen-bond acceptors (Lipinski definition) is 9. The maximum Gasteiger partial charge on any atom is 0.472 e. The molecule has 1 fully saturated rings. The van der Waals surface area contributed by atoms with Crippen LogP contribution in [-0.4, -0.2) is 61.5 Å². The van der Waals surface area contributed by atoms with Crippen LogP contribution in [0.2, 0.25) is 0 Å². The van der Waals surface area contributed by atoms with Crippen molar-refractivity contribution in [3.63, 3.8) is 0 Å². The van der Waals surface area contributed by atoms with Crippen molar-refractivity contribution < 1.29 is 42.3 Å². The van der Waals surface area contributed by atoms with Gasteiger partial charge in [0, 0.05) is 19.4 Å². The Morgan fingerprint density at radius 3 is 1.71 bits per heavy atom. The van der Waals surface area contributed by atoms with Gasteiger partial charge in [-0.1, -0.05) is 130 Å². The third-order valence-corrected chi connectivity index (χ3v) is 9.36. The Kier molecular flexibility index (Phi) is 33.0. The summed E-state index contributed by atoms with van der Waals surface area (Å²) in [5, 5.41) is 0. The molecule has 0 saturated carbocycles. The number of epoxide rings is 1. The predicted molar refractivity (Wildman–Crippen MR) is 228 cm³/mol. The molecule has 56 heavy (non-hydrogen) atoms. The first-order valence-electron chi connectivity index (χ1n) is 20.8. The lowest BCUT2D eigenvalue weighted by Crippen LogP contribution is -2.29. The first-order valence-corrected chi connectivity index (χ1v) is 22.3. The Hall–Kier alpha value is -3.11. The average Bonchev–Trinajstić information content (AvgIpc) is 3.94. The average molecular weight is 802 g/mol. The molecule has 1 heterocycles. The molecular weight excluding hydrogens is 729 g/mol. The van der Waals surface area contributed by atoms with Gasteiger partial charge in [-0.15, -0.1) is 0 Å². The molecule has 0 aromatic rings. The van der Waals surface area contributed by atoms with Crippen LogP contribution >= 0.6 is 7.82 Å². The summed E-state index contributed by atoms with van der Waals surface area (Å²) in [5.41, 5.74) is 5.33. The Bertz CT molecular complexity index is 1300. The summed E-state index contributed by atoms with van der Waals surface area (Å²) in [4.78, 5) is 34.8. The number of hydrogen-bond donors (Lipinski definition) is 2. The quantitative estimate of drug-likeness (QED) is 0.0206. The molecule has 3 unspecified atom stereocenters. The van der Waals surface area contributed by atoms with Crippen molar-refractivity contribution in [2.45, 2.75) is 148 Å². The van der Waals surface area contributed by atoms with E-state index in [1.807, 2.05) is 12.2 Å². The molecule has 316 valence electrons. The van der Waals surface area contributed by atoms with E-state index in [9.17, 15) is 19.0 Å². The van der Waals surface area contributed by atoms with E-state index in [4.69, 9.17) is 29.0 Å². The van der Waals surface area contributed by atoms with Crippen LogP contribution in [-0.2, 0) is 37.4 Å². The van der Waals surface area contributed by atoms with Crippen LogP contribution in [0.1, 0.15) is 129 Å². The molecule has 1 aliphatic heterocycles. The molecule has 0 radical (unpaired) electrons. The largest absolute Gasteiger partial charge is 0.472 e. The first-order chi connectivity index (χ1) is 27.3. The van der Waals surface area contributed by atoms with Gasteiger partial charge < -0.3 is 24.8 Å². The van der Waals surface area contributed by atoms with E-state index < -0.39 is 32.5 Å². The second-order valence-electron chi connectivity index (χ2n) is 13.5. The van der Waals surface area contributed by atoms with Gasteiger partial charge >= 0.3 is 19.8 Å². The normalized spacial score (nSPS) is 17.9. The fourth-order valence-corrected chi connectivity index (χ4v) is 5.99. The lowest BCUT2D eigenvalue weighted by atomic mass is 10.1. The molecule has 11 heteroatoms. The summed E-state index contributed by atoms with van der Waals surface area (Å²) >= 11 is 0. The van der Waals surface area contributed by atoms with Gasteiger partial charge in [0.25, 0.3) is 0 Å². The summed E-state index contributed by atoms with van der Waals surface area (Å²) in [7, 11) is -4.41. The molecule has 1 saturated heterocycles. The van der Waals surface area contributed by atoms with Gasteiger partial charge in [-0.25, -0.2) is 4.57 Å². The smallest absolute Gasteiger partial charge is 0.462 e. The molecule has 10 nitrogen and oxygen atoms in total. The van der Waals surface area contributed by atoms with Crippen molar-refractivity contribution in [1.29, 1.82) is 0 Å². The van der Waals surface area contributed by atoms with Gasteiger partial charge in [0.05, 0.1) is 25.4 Å². The number of phosphoric ester groups is 1. The van der Waals surface area contributed by atoms with Gasteiger partial charge in [0.1, 0.15) is 6.61 Å². The minimum Gasteiger partial charge on any atom is -0.462 e. The highest BCUT2D eigenvalue weighted by Crippen LogP contribution is 2.43. The maximum atomic E-state index is 12.5. The molecule has 1 aliphatic rings. The Labute approximate surface area is 338 Å². The number of esters is 2. The van der Waals surface area contributed by atoms with Crippen molar-refractivity contribution in [3.8, 4) is 0 Å². The lowest BCUT2D eigenvalue weighted by Gasteiger charge is -2.19. The van der Waals surface area contributed by atoms with E-state index >= 15 is 0 Å². The van der Waals surface area contributed by atoms with E-state index in [0.717, 1.165) is 57.8 Å². The predicted octanol–water partition coefficient (Wildman–Crippen LogP) is 10.8. The number of carbonyl (C=O) groups excluding carboxylic acids is 2. The maximum absolute atomic E-state index is 12.5. The van der Waals surface area contributed by atoms with E-state index in [0.29, 0.717) is 31.5 Å². The van der Waals surface area contributed by atoms with Crippen molar-refractivity contribution >= 4 is 19.8 Å². The lowest BCUT2D eigenvalue weighted by molar-refractivity contribution is -0.161. The van der Waals surface area contributed by atoms with Crippen LogP contribution in [0.4, 0.5) is 0 Å². The summed E-state index contributed by atoms with van der Waals surface area (Å²) in [6.45, 7) is 3.42. The molecule has 0 aromatic carbocycles. The van der Waals surface area contributed by atoms with E-state index in [2.05, 4.69) is 98.9 Å². The van der Waals surface area contributed by atoms with Gasteiger partial charge in [-0.2, -0.15) is 0 Å². The first kappa shape index (κ1) is 50.9. The molecule has 4 atom stereocenters. The molecule has 0 bridgehead atoms. The minimum absolute atomic E-state index is 0.0296. The number of nitrogens with two attached hydrogens (primary N) is 1. The molecule has 1 rings (SSSR count). The second kappa shape index (κ2) is 36.2. The fourth-order valence-electron chi connectivity index (χ4n) is 5.22. The van der Waals surface area contributed by atoms with Crippen LogP contribution < -0.4 is 5.73 Å². The monoisotopic (exact) mass is 801 g/mol. The molecule has 0 aromatic heterocycles. The number of carbonyl (C=O) groups is 2. The number of allylic oxidation sites excluding steroid dienone is 15. The van der Waals surface area contributed by atoms with E-state index in [1.54, 1.807) is 0 Å². The minimum atomic E-state index is -4.41. The zero-order chi connectivity index (χ0) is 40.8. The summed E-state index contributed by atoms with van der Waals surface area (Å²) in [6.07, 6.45) is 49.1. The third kappa shape index (κ3) is 33.1. The molecule has 0 amide bonds. The van der Waals surface area contributed by atoms with Crippen molar-refractivity contribution in [1.82, 2.24) is 0 Å². The standard InChI is InChI=1S/C45H72NO9P/c1-3-5-7-8-9-10-11-12-13-14-15-16-17-22-25-28-32-36-45(48)54-41(40-53-56(49,50)52-38-37-46)39-51-44(47)35-31-27-24-21-19-18-20-23-26-30-34-43-42(55-43)33-29-6-4-2/h5,7,9-10,12-13,15-16,18,20-22,24-26,30,41-43H,3-4,6,8,11,14,17,19,23,27-29,31-40,46H2,1-2H3,(H,49,50)/b7-5-,10-9-,13-12-,16-15-,20-18-,24-21-,25-22-,30-26-/t41-,42?,43?/m1/s1. The highest BCUT2D eigenvalue weighted by atomic mass is 31.2. The summed E-state index contributed by atoms with van der Waals surface area (Å²) < 4.78 is 38.3. The van der Waals surface area contributed by atoms with E-state index in [-0.39, 0.29) is 32.6 Å². The SMILES string of the molecule is CC/C=C\C/C=C\C/C=C\C/C=C\C/C=C\CCCC(=O)O[C@H](COC(=O)CCC/C=C\C/C=C\C/C=C\CC1OC1CCCCC)COP(=O)(O)OCCN. The molecular formula is C45H72NO9P. The van der Waals surface area contributed by atoms with Crippen LogP contribution in [0.25, 0.3) is 0 Å². The molecule has 0 aliphatic carbocycles. The third-order valence-electron chi connectivity index (χ3n) is 8.38. The zero-order valence-electron chi connectivity index (χ0n) is 34.3. The van der Waals surface area contributed by atoms with Crippen molar-refractivity contribution in [2.24, 2.45) is 5.73 Å². The Morgan fingerprint density at radius 2 is 1.18 bits per heavy atom. The summed E-state index contributed by atoms with van der Waals surface area (Å²) in [5.74, 6) is -0.980. The van der Waals surface area contributed by atoms with Crippen LogP contribution in [0.5, 0.6) is 0 Å². The fraction of sp³-hybridized carbons (Fsp3) is 0.600. The van der Waals surface area contributed by atoms with Crippen LogP contribution in [0.15, 0.2) is 97.2 Å². The zero-order valence-corrected chi connectivity index (χ0v) is 35.2. The Balaban J connectivity index is 2.28. The van der Waals surface area contributed by atoms with Gasteiger partial charge in [-0.3, -0.25) is 18.6 Å². The van der Waals surface area contributed by atoms with Crippen LogP contribution in [0, 0.1) is 0 Å². The highest BCUT2D eigenvalue weighted by Gasteiger charge is 2.36. The van der Waals surface area contributed by atoms with Crippen LogP contribution in [0.3, 0.4) is 0 Å². The topological polar surface area (TPSA) is 147 Å². The van der Waals surface area contributed by atoms with E-state index in [1.165, 1.54) is 25.7 Å². The number of phosphoric acid groups is 1. The second-order valence-corrected chi connectivity index (χ2v) is 15.0. The molecule has 3 N–H and O–H groups in total. The number of ether oxygens (including phenoxy) is 3. The van der Waals surface area contributed by atoms with Crippen molar-refractivity contribution in [2.75, 3.05) is 26.4 Å². The number of rotatable bonds is 36. The van der Waals surface area contributed by atoms with Crippen molar-refractivity contribution in [3.05, 3.63) is 97.2 Å². The molecule has 0 spiro atoms.